The fraction of sp³-hybridized carbons (Fsp3) is 0.273. The Labute approximate surface area is 185 Å². The minimum Gasteiger partial charge on any atom is -0.453 e. The van der Waals surface area contributed by atoms with Gasteiger partial charge in [0.2, 0.25) is 17.8 Å². The van der Waals surface area contributed by atoms with Crippen molar-refractivity contribution in [3.8, 4) is 0 Å². The van der Waals surface area contributed by atoms with E-state index in [2.05, 4.69) is 25.7 Å². The lowest BCUT2D eigenvalue weighted by Gasteiger charge is -2.13. The largest absolute Gasteiger partial charge is 0.453 e. The van der Waals surface area contributed by atoms with Crippen molar-refractivity contribution in [2.45, 2.75) is 42.9 Å². The van der Waals surface area contributed by atoms with Gasteiger partial charge < -0.3 is 10.1 Å². The van der Waals surface area contributed by atoms with Gasteiger partial charge in [0, 0.05) is 22.6 Å². The van der Waals surface area contributed by atoms with E-state index in [0.29, 0.717) is 24.2 Å². The van der Waals surface area contributed by atoms with Gasteiger partial charge in [-0.15, -0.1) is 0 Å². The minimum atomic E-state index is -0.776. The Morgan fingerprint density at radius 2 is 1.71 bits per heavy atom. The molecule has 9 heteroatoms. The summed E-state index contributed by atoms with van der Waals surface area (Å²) in [5.74, 6) is -0.574. The quantitative estimate of drug-likeness (QED) is 0.434. The normalized spacial score (nSPS) is 10.9. The summed E-state index contributed by atoms with van der Waals surface area (Å²) in [7, 11) is 1.21. The van der Waals surface area contributed by atoms with Crippen molar-refractivity contribution in [1.82, 2.24) is 10.6 Å². The van der Waals surface area contributed by atoms with Crippen molar-refractivity contribution in [1.29, 1.82) is 0 Å². The van der Waals surface area contributed by atoms with E-state index in [1.54, 1.807) is 19.1 Å². The molecular formula is C22H26N4O4S. The number of nitrogens with one attached hydrogen (secondary N) is 3. The van der Waals surface area contributed by atoms with Gasteiger partial charge in [-0.25, -0.2) is 9.79 Å². The zero-order chi connectivity index (χ0) is 22.6. The average Bonchev–Trinajstić information content (AvgIpc) is 2.76. The number of alkyl carbamates (subject to hydrolysis) is 1. The summed E-state index contributed by atoms with van der Waals surface area (Å²) in [4.78, 5) is 42.0. The third kappa shape index (κ3) is 8.13. The van der Waals surface area contributed by atoms with Gasteiger partial charge in [-0.1, -0.05) is 43.8 Å². The average molecular weight is 443 g/mol. The molecule has 0 aromatic heterocycles. The summed E-state index contributed by atoms with van der Waals surface area (Å²) in [6.45, 7) is 3.59. The molecule has 0 spiro atoms. The molecule has 164 valence electrons. The summed E-state index contributed by atoms with van der Waals surface area (Å²) in [5.41, 5.74) is 0.846. The molecule has 8 nitrogen and oxygen atoms in total. The van der Waals surface area contributed by atoms with Gasteiger partial charge in [0.1, 0.15) is 0 Å². The van der Waals surface area contributed by atoms with Crippen LogP contribution in [-0.2, 0) is 14.3 Å². The number of carbonyl (C=O) groups excluding carboxylic acids is 3. The molecule has 0 fully saturated rings. The number of nitrogens with zero attached hydrogens (tertiary/aromatic N) is 1. The standard InChI is InChI=1S/C22H26N4O4S/c1-4-9-20(28)23-17-13-12-16(31-15-10-7-6-8-11-15)14-18(17)24-21(25-19(27)5-2)26-22(29)30-3/h6-8,10-14H,4-5,9H2,1-3H3,(H,23,28)(H2,24,25,26,27,29). The van der Waals surface area contributed by atoms with Gasteiger partial charge in [-0.3, -0.25) is 20.2 Å². The summed E-state index contributed by atoms with van der Waals surface area (Å²) in [6.07, 6.45) is 0.491. The smallest absolute Gasteiger partial charge is 0.413 e. The molecule has 0 bridgehead atoms. The van der Waals surface area contributed by atoms with Crippen molar-refractivity contribution in [3.63, 3.8) is 0 Å². The highest BCUT2D eigenvalue weighted by molar-refractivity contribution is 7.99. The summed E-state index contributed by atoms with van der Waals surface area (Å²) >= 11 is 1.52. The topological polar surface area (TPSA) is 109 Å². The first-order valence-electron chi connectivity index (χ1n) is 9.85. The van der Waals surface area contributed by atoms with Crippen LogP contribution in [0.1, 0.15) is 33.1 Å². The molecule has 0 aliphatic carbocycles. The molecule has 3 amide bonds. The lowest BCUT2D eigenvalue weighted by molar-refractivity contribution is -0.119. The highest BCUT2D eigenvalue weighted by Gasteiger charge is 2.13. The Morgan fingerprint density at radius 1 is 0.968 bits per heavy atom. The van der Waals surface area contributed by atoms with Crippen LogP contribution >= 0.6 is 11.8 Å². The van der Waals surface area contributed by atoms with Crippen LogP contribution in [-0.4, -0.2) is 31.0 Å². The molecule has 2 rings (SSSR count). The first-order valence-corrected chi connectivity index (χ1v) is 10.7. The van der Waals surface area contributed by atoms with E-state index in [4.69, 9.17) is 0 Å². The number of methoxy groups -OCH3 is 1. The fourth-order valence-electron chi connectivity index (χ4n) is 2.41. The van der Waals surface area contributed by atoms with Crippen LogP contribution in [0.25, 0.3) is 0 Å². The number of aliphatic imine (C=N–C) groups is 1. The molecule has 31 heavy (non-hydrogen) atoms. The van der Waals surface area contributed by atoms with Crippen LogP contribution in [0.2, 0.25) is 0 Å². The molecule has 3 N–H and O–H groups in total. The summed E-state index contributed by atoms with van der Waals surface area (Å²) in [6, 6.07) is 15.2. The first-order chi connectivity index (χ1) is 14.9. The van der Waals surface area contributed by atoms with Gasteiger partial charge in [0.05, 0.1) is 18.5 Å². The number of hydrogen-bond acceptors (Lipinski definition) is 6. The fourth-order valence-corrected chi connectivity index (χ4v) is 3.29. The highest BCUT2D eigenvalue weighted by Crippen LogP contribution is 2.34. The number of carbonyl (C=O) groups is 3. The maximum Gasteiger partial charge on any atom is 0.413 e. The van der Waals surface area contributed by atoms with E-state index < -0.39 is 6.09 Å². The lowest BCUT2D eigenvalue weighted by atomic mass is 10.2. The third-order valence-electron chi connectivity index (χ3n) is 3.92. The number of ether oxygens (including phenoxy) is 1. The second-order valence-corrected chi connectivity index (χ2v) is 7.52. The zero-order valence-electron chi connectivity index (χ0n) is 17.7. The van der Waals surface area contributed by atoms with E-state index in [0.717, 1.165) is 9.79 Å². The molecule has 0 aliphatic rings. The molecule has 2 aromatic carbocycles. The van der Waals surface area contributed by atoms with Gasteiger partial charge in [0.15, 0.2) is 0 Å². The van der Waals surface area contributed by atoms with Gasteiger partial charge >= 0.3 is 6.09 Å². The molecule has 0 unspecified atom stereocenters. The van der Waals surface area contributed by atoms with E-state index in [9.17, 15) is 14.4 Å². The SMILES string of the molecule is CCCC(=O)Nc1ccc(Sc2ccccc2)cc1N=C(NC(=O)CC)NC(=O)OC. The molecule has 0 aliphatic heterocycles. The van der Waals surface area contributed by atoms with E-state index in [-0.39, 0.29) is 24.2 Å². The van der Waals surface area contributed by atoms with Crippen molar-refractivity contribution < 1.29 is 19.1 Å². The number of rotatable bonds is 7. The van der Waals surface area contributed by atoms with Crippen LogP contribution in [0.5, 0.6) is 0 Å². The number of guanidine groups is 1. The van der Waals surface area contributed by atoms with Crippen molar-refractivity contribution in [2.24, 2.45) is 4.99 Å². The van der Waals surface area contributed by atoms with E-state index in [1.807, 2.05) is 43.3 Å². The zero-order valence-corrected chi connectivity index (χ0v) is 18.5. The summed E-state index contributed by atoms with van der Waals surface area (Å²) < 4.78 is 4.61. The number of amides is 3. The Morgan fingerprint density at radius 3 is 2.35 bits per heavy atom. The van der Waals surface area contributed by atoms with Crippen molar-refractivity contribution >= 4 is 47.0 Å². The predicted octanol–water partition coefficient (Wildman–Crippen LogP) is 4.45. The Balaban J connectivity index is 2.44. The minimum absolute atomic E-state index is 0.0912. The maximum atomic E-state index is 12.2. The molecule has 0 saturated heterocycles. The summed E-state index contributed by atoms with van der Waals surface area (Å²) in [5, 5.41) is 7.76. The van der Waals surface area contributed by atoms with Crippen LogP contribution < -0.4 is 16.0 Å². The van der Waals surface area contributed by atoms with Crippen LogP contribution in [0, 0.1) is 0 Å². The van der Waals surface area contributed by atoms with E-state index >= 15 is 0 Å². The Bertz CT molecular complexity index is 928. The van der Waals surface area contributed by atoms with Gasteiger partial charge in [-0.05, 0) is 36.8 Å². The number of anilines is 1. The Kier molecular flexibility index (Phi) is 9.57. The number of hydrogen-bond donors (Lipinski definition) is 3. The van der Waals surface area contributed by atoms with Crippen LogP contribution in [0.15, 0.2) is 63.3 Å². The molecule has 0 saturated carbocycles. The van der Waals surface area contributed by atoms with Crippen LogP contribution in [0.4, 0.5) is 16.2 Å². The second-order valence-electron chi connectivity index (χ2n) is 6.37. The molecular weight excluding hydrogens is 416 g/mol. The highest BCUT2D eigenvalue weighted by atomic mass is 32.2. The monoisotopic (exact) mass is 442 g/mol. The Hall–Kier alpha value is -3.33. The molecule has 0 atom stereocenters. The van der Waals surface area contributed by atoms with E-state index in [1.165, 1.54) is 18.9 Å². The molecule has 2 aromatic rings. The third-order valence-corrected chi connectivity index (χ3v) is 4.91. The first kappa shape index (κ1) is 23.9. The van der Waals surface area contributed by atoms with Crippen molar-refractivity contribution in [3.05, 3.63) is 48.5 Å². The second kappa shape index (κ2) is 12.4. The van der Waals surface area contributed by atoms with Gasteiger partial charge in [0.25, 0.3) is 0 Å². The molecule has 0 heterocycles. The predicted molar refractivity (Wildman–Crippen MR) is 122 cm³/mol. The molecule has 0 radical (unpaired) electrons. The maximum absolute atomic E-state index is 12.2. The lowest BCUT2D eigenvalue weighted by Crippen LogP contribution is -2.43. The van der Waals surface area contributed by atoms with Crippen LogP contribution in [0.3, 0.4) is 0 Å². The van der Waals surface area contributed by atoms with Crippen molar-refractivity contribution in [2.75, 3.05) is 12.4 Å². The van der Waals surface area contributed by atoms with Gasteiger partial charge in [-0.2, -0.15) is 0 Å². The number of benzene rings is 2.